The molecule has 0 radical (unpaired) electrons. The predicted molar refractivity (Wildman–Crippen MR) is 114 cm³/mol. The minimum Gasteiger partial charge on any atom is -0.375 e. The van der Waals surface area contributed by atoms with Crippen molar-refractivity contribution in [3.05, 3.63) is 59.2 Å². The second-order valence-corrected chi connectivity index (χ2v) is 9.60. The summed E-state index contributed by atoms with van der Waals surface area (Å²) in [6.07, 6.45) is 0.745. The zero-order valence-electron chi connectivity index (χ0n) is 18.8. The molecule has 2 aromatic heterocycles. The highest BCUT2D eigenvalue weighted by Crippen LogP contribution is 2.50. The Hall–Kier alpha value is -2.16. The van der Waals surface area contributed by atoms with Gasteiger partial charge in [-0.1, -0.05) is 25.3 Å². The van der Waals surface area contributed by atoms with Gasteiger partial charge in [0.05, 0.1) is 11.2 Å². The van der Waals surface area contributed by atoms with Gasteiger partial charge in [0.1, 0.15) is 0 Å². The van der Waals surface area contributed by atoms with Gasteiger partial charge in [-0.3, -0.25) is 9.97 Å². The van der Waals surface area contributed by atoms with Gasteiger partial charge in [-0.15, -0.1) is 0 Å². The second-order valence-electron chi connectivity index (χ2n) is 9.60. The van der Waals surface area contributed by atoms with E-state index in [1.54, 1.807) is 6.20 Å². The van der Waals surface area contributed by atoms with Crippen LogP contribution in [0.25, 0.3) is 0 Å². The van der Waals surface area contributed by atoms with Crippen molar-refractivity contribution in [3.8, 4) is 0 Å². The van der Waals surface area contributed by atoms with Crippen LogP contribution in [0.3, 0.4) is 0 Å². The van der Waals surface area contributed by atoms with E-state index in [9.17, 15) is 26.3 Å². The Bertz CT molecular complexity index is 970. The molecule has 3 heterocycles. The molecule has 0 N–H and O–H groups in total. The summed E-state index contributed by atoms with van der Waals surface area (Å²) in [6, 6.07) is 6.46. The summed E-state index contributed by atoms with van der Waals surface area (Å²) in [5, 5.41) is 0. The first-order chi connectivity index (χ1) is 16.0. The van der Waals surface area contributed by atoms with Gasteiger partial charge in [0.15, 0.2) is 5.69 Å². The molecule has 1 aliphatic heterocycles. The average Bonchev–Trinajstić information content (AvgIpc) is 3.23. The van der Waals surface area contributed by atoms with Crippen molar-refractivity contribution >= 4 is 0 Å². The number of unbranched alkanes of at least 4 members (excludes halogenated alkanes) is 1. The normalized spacial score (nSPS) is 22.9. The van der Waals surface area contributed by atoms with E-state index in [1.807, 2.05) is 18.2 Å². The summed E-state index contributed by atoms with van der Waals surface area (Å²) in [6.45, 7) is 0.647. The van der Waals surface area contributed by atoms with Crippen molar-refractivity contribution in [2.45, 2.75) is 87.6 Å². The van der Waals surface area contributed by atoms with Gasteiger partial charge in [-0.05, 0) is 68.7 Å². The maximum atomic E-state index is 13.2. The monoisotopic (exact) mass is 486 g/mol. The van der Waals surface area contributed by atoms with Crippen LogP contribution >= 0.6 is 0 Å². The van der Waals surface area contributed by atoms with Crippen molar-refractivity contribution in [1.29, 1.82) is 0 Å². The van der Waals surface area contributed by atoms with Gasteiger partial charge >= 0.3 is 12.4 Å². The summed E-state index contributed by atoms with van der Waals surface area (Å²) in [5.74, 6) is 0. The second kappa shape index (κ2) is 9.47. The molecule has 186 valence electrons. The van der Waals surface area contributed by atoms with Crippen LogP contribution in [0.1, 0.15) is 80.3 Å². The van der Waals surface area contributed by atoms with Crippen molar-refractivity contribution in [2.75, 3.05) is 6.61 Å². The highest BCUT2D eigenvalue weighted by atomic mass is 19.4. The average molecular weight is 487 g/mol. The third-order valence-electron chi connectivity index (χ3n) is 7.26. The molecule has 1 atom stereocenters. The minimum atomic E-state index is -5.16. The molecule has 0 unspecified atom stereocenters. The van der Waals surface area contributed by atoms with E-state index in [0.717, 1.165) is 63.3 Å². The van der Waals surface area contributed by atoms with Gasteiger partial charge in [0.25, 0.3) is 0 Å². The lowest BCUT2D eigenvalue weighted by Gasteiger charge is -2.46. The summed E-state index contributed by atoms with van der Waals surface area (Å²) < 4.78 is 84.8. The number of aryl methyl sites for hydroxylation is 1. The first-order valence-corrected chi connectivity index (χ1v) is 11.7. The van der Waals surface area contributed by atoms with Crippen LogP contribution in [-0.4, -0.2) is 22.2 Å². The largest absolute Gasteiger partial charge is 0.433 e. The van der Waals surface area contributed by atoms with Crippen LogP contribution in [0.5, 0.6) is 0 Å². The number of hydrogen-bond donors (Lipinski definition) is 0. The van der Waals surface area contributed by atoms with Gasteiger partial charge in [0, 0.05) is 30.1 Å². The molecule has 1 spiro atoms. The number of halogens is 6. The smallest absolute Gasteiger partial charge is 0.375 e. The van der Waals surface area contributed by atoms with E-state index in [2.05, 4.69) is 9.97 Å². The molecule has 0 aromatic carbocycles. The molecule has 34 heavy (non-hydrogen) atoms. The zero-order valence-corrected chi connectivity index (χ0v) is 18.8. The lowest BCUT2D eigenvalue weighted by molar-refractivity contribution is -0.164. The van der Waals surface area contributed by atoms with Crippen molar-refractivity contribution in [3.63, 3.8) is 0 Å². The fraction of sp³-hybridized carbons (Fsp3) is 0.600. The molecule has 9 heteroatoms. The Kier molecular flexibility index (Phi) is 6.95. The van der Waals surface area contributed by atoms with E-state index < -0.39 is 23.6 Å². The Labute approximate surface area is 194 Å². The first kappa shape index (κ1) is 24.9. The highest BCUT2D eigenvalue weighted by Gasteiger charge is 2.48. The number of aromatic nitrogens is 2. The van der Waals surface area contributed by atoms with Crippen molar-refractivity contribution in [2.24, 2.45) is 0 Å². The van der Waals surface area contributed by atoms with E-state index >= 15 is 0 Å². The van der Waals surface area contributed by atoms with Crippen LogP contribution in [0, 0.1) is 0 Å². The lowest BCUT2D eigenvalue weighted by Crippen LogP contribution is -2.46. The van der Waals surface area contributed by atoms with E-state index in [0.29, 0.717) is 19.1 Å². The SMILES string of the molecule is FC(F)(F)c1cc(CCCC[C@@]2(c3ccccn3)CCOC3(CCCC3)C2)cnc1C(F)(F)F. The summed E-state index contributed by atoms with van der Waals surface area (Å²) >= 11 is 0. The quantitative estimate of drug-likeness (QED) is 0.318. The van der Waals surface area contributed by atoms with Gasteiger partial charge in [-0.2, -0.15) is 26.3 Å². The zero-order chi connectivity index (χ0) is 24.5. The fourth-order valence-corrected chi connectivity index (χ4v) is 5.68. The first-order valence-electron chi connectivity index (χ1n) is 11.7. The van der Waals surface area contributed by atoms with Crippen LogP contribution in [-0.2, 0) is 28.9 Å². The maximum Gasteiger partial charge on any atom is 0.433 e. The Morgan fingerprint density at radius 2 is 1.68 bits per heavy atom. The fourth-order valence-electron chi connectivity index (χ4n) is 5.68. The molecule has 3 nitrogen and oxygen atoms in total. The molecule has 0 amide bonds. The standard InChI is InChI=1S/C25H28F6N2O/c26-24(27,28)19-15-18(16-33-21(19)25(29,30)31)7-1-3-9-22(20-8-2-6-13-32-20)12-14-34-23(17-22)10-4-5-11-23/h2,6,8,13,15-16H,1,3-5,7,9-12,14,17H2/t22-/m1/s1. The molecular formula is C25H28F6N2O. The molecule has 1 saturated carbocycles. The summed E-state index contributed by atoms with van der Waals surface area (Å²) in [4.78, 5) is 7.76. The number of nitrogens with zero attached hydrogens (tertiary/aromatic N) is 2. The number of pyridine rings is 2. The van der Waals surface area contributed by atoms with E-state index in [1.165, 1.54) is 0 Å². The van der Waals surface area contributed by atoms with Crippen molar-refractivity contribution < 1.29 is 31.1 Å². The lowest BCUT2D eigenvalue weighted by atomic mass is 9.67. The number of rotatable bonds is 6. The van der Waals surface area contributed by atoms with Crippen LogP contribution in [0.4, 0.5) is 26.3 Å². The van der Waals surface area contributed by atoms with Gasteiger partial charge in [0.2, 0.25) is 0 Å². The molecule has 2 aliphatic rings. The number of hydrogen-bond acceptors (Lipinski definition) is 3. The van der Waals surface area contributed by atoms with E-state index in [4.69, 9.17) is 4.74 Å². The summed E-state index contributed by atoms with van der Waals surface area (Å²) in [5.41, 5.74) is -2.74. The Morgan fingerprint density at radius 1 is 0.912 bits per heavy atom. The predicted octanol–water partition coefficient (Wildman–Crippen LogP) is 7.29. The maximum absolute atomic E-state index is 13.2. The molecule has 1 aliphatic carbocycles. The van der Waals surface area contributed by atoms with E-state index in [-0.39, 0.29) is 23.0 Å². The Morgan fingerprint density at radius 3 is 2.32 bits per heavy atom. The third-order valence-corrected chi connectivity index (χ3v) is 7.26. The molecule has 1 saturated heterocycles. The minimum absolute atomic E-state index is 0.130. The third kappa shape index (κ3) is 5.39. The molecule has 0 bridgehead atoms. The Balaban J connectivity index is 1.47. The highest BCUT2D eigenvalue weighted by molar-refractivity contribution is 5.30. The number of ether oxygens (including phenoxy) is 1. The van der Waals surface area contributed by atoms with Gasteiger partial charge in [-0.25, -0.2) is 0 Å². The van der Waals surface area contributed by atoms with Crippen LogP contribution in [0.2, 0.25) is 0 Å². The van der Waals surface area contributed by atoms with Gasteiger partial charge < -0.3 is 4.74 Å². The molecule has 4 rings (SSSR count). The summed E-state index contributed by atoms with van der Waals surface area (Å²) in [7, 11) is 0. The molecular weight excluding hydrogens is 458 g/mol. The topological polar surface area (TPSA) is 35.0 Å². The van der Waals surface area contributed by atoms with Crippen molar-refractivity contribution in [1.82, 2.24) is 9.97 Å². The molecule has 2 aromatic rings. The molecule has 2 fully saturated rings. The number of alkyl halides is 6. The van der Waals surface area contributed by atoms with Crippen LogP contribution < -0.4 is 0 Å². The van der Waals surface area contributed by atoms with Crippen LogP contribution in [0.15, 0.2) is 36.7 Å².